The van der Waals surface area contributed by atoms with Crippen LogP contribution in [0, 0.1) is 5.92 Å². The van der Waals surface area contributed by atoms with E-state index in [-0.39, 0.29) is 0 Å². The third-order valence-electron chi connectivity index (χ3n) is 5.06. The second-order valence-corrected chi connectivity index (χ2v) is 7.40. The number of piperazine rings is 1. The van der Waals surface area contributed by atoms with Crippen molar-refractivity contribution in [1.82, 2.24) is 10.2 Å². The van der Waals surface area contributed by atoms with Gasteiger partial charge in [0.25, 0.3) is 0 Å². The second-order valence-electron chi connectivity index (χ2n) is 6.49. The van der Waals surface area contributed by atoms with Crippen LogP contribution in [0.1, 0.15) is 37.8 Å². The second kappa shape index (κ2) is 7.17. The first-order valence-corrected chi connectivity index (χ1v) is 9.75. The Morgan fingerprint density at radius 2 is 2.05 bits per heavy atom. The van der Waals surface area contributed by atoms with Gasteiger partial charge < -0.3 is 5.32 Å². The molecule has 3 heteroatoms. The van der Waals surface area contributed by atoms with E-state index < -0.39 is 0 Å². The molecule has 1 heterocycles. The zero-order valence-electron chi connectivity index (χ0n) is 13.3. The third-order valence-corrected chi connectivity index (χ3v) is 5.77. The van der Waals surface area contributed by atoms with E-state index in [1.54, 1.807) is 0 Å². The number of rotatable bonds is 6. The minimum Gasteiger partial charge on any atom is -0.311 e. The molecule has 0 radical (unpaired) electrons. The van der Waals surface area contributed by atoms with Crippen LogP contribution in [0.25, 0.3) is 0 Å². The van der Waals surface area contributed by atoms with Crippen LogP contribution in [-0.4, -0.2) is 42.1 Å². The Hall–Kier alpha value is -0.510. The normalized spacial score (nSPS) is 28.5. The highest BCUT2D eigenvalue weighted by atomic mass is 32.2. The maximum Gasteiger partial charge on any atom is 0.0476 e. The molecule has 1 saturated heterocycles. The summed E-state index contributed by atoms with van der Waals surface area (Å²) < 4.78 is 0. The molecule has 0 amide bonds. The minimum absolute atomic E-state index is 0.540. The van der Waals surface area contributed by atoms with Gasteiger partial charge in [0, 0.05) is 37.0 Å². The molecule has 1 N–H and O–H groups in total. The fourth-order valence-electron chi connectivity index (χ4n) is 3.64. The van der Waals surface area contributed by atoms with E-state index in [4.69, 9.17) is 0 Å². The average molecular weight is 305 g/mol. The topological polar surface area (TPSA) is 15.3 Å². The fraction of sp³-hybridized carbons (Fsp3) is 0.667. The molecule has 3 rings (SSSR count). The van der Waals surface area contributed by atoms with Crippen molar-refractivity contribution in [2.24, 2.45) is 5.92 Å². The highest BCUT2D eigenvalue weighted by molar-refractivity contribution is 7.98. The molecule has 21 heavy (non-hydrogen) atoms. The van der Waals surface area contributed by atoms with Crippen molar-refractivity contribution >= 4 is 11.8 Å². The number of nitrogens with one attached hydrogen (secondary N) is 1. The minimum atomic E-state index is 0.540. The summed E-state index contributed by atoms with van der Waals surface area (Å²) in [5, 5.41) is 3.83. The summed E-state index contributed by atoms with van der Waals surface area (Å²) in [6.45, 7) is 4.68. The standard InChI is InChI=1S/C18H28N2S/c1-3-16(13-21-2)20-12-17(14-9-10-14)19-11-18(20)15-7-5-4-6-8-15/h4-8,14,16-19H,3,9-13H2,1-2H3. The van der Waals surface area contributed by atoms with Crippen LogP contribution in [0.4, 0.5) is 0 Å². The van der Waals surface area contributed by atoms with Crippen molar-refractivity contribution in [3.8, 4) is 0 Å². The van der Waals surface area contributed by atoms with Crippen molar-refractivity contribution in [2.45, 2.75) is 44.3 Å². The van der Waals surface area contributed by atoms with Gasteiger partial charge in [0.2, 0.25) is 0 Å². The zero-order valence-corrected chi connectivity index (χ0v) is 14.1. The van der Waals surface area contributed by atoms with E-state index in [0.717, 1.165) is 18.5 Å². The Bertz CT molecular complexity index is 432. The molecule has 1 aromatic carbocycles. The Balaban J connectivity index is 1.79. The van der Waals surface area contributed by atoms with Crippen LogP contribution in [-0.2, 0) is 0 Å². The molecule has 3 unspecified atom stereocenters. The largest absolute Gasteiger partial charge is 0.311 e. The van der Waals surface area contributed by atoms with E-state index in [0.29, 0.717) is 12.1 Å². The van der Waals surface area contributed by atoms with Gasteiger partial charge in [-0.2, -0.15) is 11.8 Å². The molecule has 1 saturated carbocycles. The summed E-state index contributed by atoms with van der Waals surface area (Å²) in [4.78, 5) is 2.80. The lowest BCUT2D eigenvalue weighted by atomic mass is 9.97. The summed E-state index contributed by atoms with van der Waals surface area (Å²) in [6, 6.07) is 13.0. The Labute approximate surface area is 133 Å². The highest BCUT2D eigenvalue weighted by Crippen LogP contribution is 2.37. The number of hydrogen-bond donors (Lipinski definition) is 1. The van der Waals surface area contributed by atoms with Gasteiger partial charge in [-0.25, -0.2) is 0 Å². The van der Waals surface area contributed by atoms with Gasteiger partial charge in [0.15, 0.2) is 0 Å². The van der Waals surface area contributed by atoms with Gasteiger partial charge in [-0.15, -0.1) is 0 Å². The number of thioether (sulfide) groups is 1. The van der Waals surface area contributed by atoms with Gasteiger partial charge in [0.05, 0.1) is 0 Å². The molecule has 2 fully saturated rings. The first-order chi connectivity index (χ1) is 10.3. The molecular formula is C18H28N2S. The van der Waals surface area contributed by atoms with Crippen molar-refractivity contribution in [1.29, 1.82) is 0 Å². The van der Waals surface area contributed by atoms with Crippen LogP contribution < -0.4 is 5.32 Å². The molecule has 1 aliphatic heterocycles. The van der Waals surface area contributed by atoms with E-state index in [1.165, 1.54) is 37.1 Å². The molecule has 116 valence electrons. The fourth-order valence-corrected chi connectivity index (χ4v) is 4.45. The van der Waals surface area contributed by atoms with Crippen LogP contribution in [0.2, 0.25) is 0 Å². The lowest BCUT2D eigenvalue weighted by molar-refractivity contribution is 0.0828. The van der Waals surface area contributed by atoms with Gasteiger partial charge in [-0.05, 0) is 37.0 Å². The summed E-state index contributed by atoms with van der Waals surface area (Å²) in [5.74, 6) is 2.19. The summed E-state index contributed by atoms with van der Waals surface area (Å²) in [5.41, 5.74) is 1.47. The van der Waals surface area contributed by atoms with Crippen molar-refractivity contribution in [3.05, 3.63) is 35.9 Å². The molecule has 3 atom stereocenters. The van der Waals surface area contributed by atoms with Crippen LogP contribution >= 0.6 is 11.8 Å². The predicted molar refractivity (Wildman–Crippen MR) is 92.9 cm³/mol. The van der Waals surface area contributed by atoms with Crippen LogP contribution in [0.5, 0.6) is 0 Å². The van der Waals surface area contributed by atoms with Crippen LogP contribution in [0.3, 0.4) is 0 Å². The highest BCUT2D eigenvalue weighted by Gasteiger charge is 2.39. The number of benzene rings is 1. The van der Waals surface area contributed by atoms with Gasteiger partial charge in [0.1, 0.15) is 0 Å². The maximum atomic E-state index is 3.83. The first kappa shape index (κ1) is 15.4. The number of nitrogens with zero attached hydrogens (tertiary/aromatic N) is 1. The van der Waals surface area contributed by atoms with Crippen molar-refractivity contribution in [3.63, 3.8) is 0 Å². The Morgan fingerprint density at radius 1 is 1.29 bits per heavy atom. The molecule has 2 nitrogen and oxygen atoms in total. The Kier molecular flexibility index (Phi) is 5.25. The maximum absolute atomic E-state index is 3.83. The van der Waals surface area contributed by atoms with Gasteiger partial charge in [-0.1, -0.05) is 37.3 Å². The van der Waals surface area contributed by atoms with E-state index in [9.17, 15) is 0 Å². The molecule has 0 spiro atoms. The van der Waals surface area contributed by atoms with E-state index >= 15 is 0 Å². The monoisotopic (exact) mass is 304 g/mol. The van der Waals surface area contributed by atoms with Gasteiger partial charge >= 0.3 is 0 Å². The average Bonchev–Trinajstić information content (AvgIpc) is 3.38. The van der Waals surface area contributed by atoms with E-state index in [2.05, 4.69) is 53.7 Å². The van der Waals surface area contributed by atoms with Gasteiger partial charge in [-0.3, -0.25) is 4.90 Å². The third kappa shape index (κ3) is 3.64. The predicted octanol–water partition coefficient (Wildman–Crippen LogP) is 3.55. The molecule has 1 aromatic rings. The molecular weight excluding hydrogens is 276 g/mol. The number of hydrogen-bond acceptors (Lipinski definition) is 3. The SMILES string of the molecule is CCC(CSC)N1CC(C2CC2)NCC1c1ccccc1. The van der Waals surface area contributed by atoms with Crippen molar-refractivity contribution in [2.75, 3.05) is 25.1 Å². The van der Waals surface area contributed by atoms with E-state index in [1.807, 2.05) is 11.8 Å². The first-order valence-electron chi connectivity index (χ1n) is 8.36. The molecule has 2 aliphatic rings. The summed E-state index contributed by atoms with van der Waals surface area (Å²) >= 11 is 1.99. The van der Waals surface area contributed by atoms with Crippen molar-refractivity contribution < 1.29 is 0 Å². The quantitative estimate of drug-likeness (QED) is 0.865. The zero-order chi connectivity index (χ0) is 14.7. The summed E-state index contributed by atoms with van der Waals surface area (Å²) in [7, 11) is 0. The smallest absolute Gasteiger partial charge is 0.0476 e. The Morgan fingerprint density at radius 3 is 2.67 bits per heavy atom. The summed E-state index contributed by atoms with van der Waals surface area (Å²) in [6.07, 6.45) is 6.35. The van der Waals surface area contributed by atoms with Crippen LogP contribution in [0.15, 0.2) is 30.3 Å². The lowest BCUT2D eigenvalue weighted by Gasteiger charge is -2.45. The molecule has 1 aliphatic carbocycles. The molecule has 0 bridgehead atoms. The lowest BCUT2D eigenvalue weighted by Crippen LogP contribution is -2.56. The molecule has 0 aromatic heterocycles.